The average molecular weight is 573 g/mol. The number of furan rings is 1. The van der Waals surface area contributed by atoms with Gasteiger partial charge in [0.2, 0.25) is 0 Å². The molecule has 3 nitrogen and oxygen atoms in total. The number of nitrogens with zero attached hydrogens (tertiary/aromatic N) is 2. The molecule has 0 fully saturated rings. The Kier molecular flexibility index (Phi) is 5.13. The minimum absolute atomic E-state index is 0.0394. The van der Waals surface area contributed by atoms with Gasteiger partial charge in [0.1, 0.15) is 5.58 Å². The lowest BCUT2D eigenvalue weighted by Crippen LogP contribution is -2.61. The molecular formula is C38H29BN2OS. The Balaban J connectivity index is 1.47. The van der Waals surface area contributed by atoms with Crippen molar-refractivity contribution < 1.29 is 4.42 Å². The first kappa shape index (κ1) is 24.8. The number of hydrogen-bond acceptors (Lipinski definition) is 4. The number of anilines is 6. The smallest absolute Gasteiger partial charge is 0.254 e. The van der Waals surface area contributed by atoms with Crippen LogP contribution in [0, 0.1) is 0 Å². The number of benzene rings is 5. The lowest BCUT2D eigenvalue weighted by molar-refractivity contribution is 0.590. The minimum atomic E-state index is -0.0394. The fourth-order valence-corrected chi connectivity index (χ4v) is 8.33. The Labute approximate surface area is 255 Å². The molecule has 0 saturated heterocycles. The van der Waals surface area contributed by atoms with Gasteiger partial charge in [-0.1, -0.05) is 105 Å². The van der Waals surface area contributed by atoms with Crippen LogP contribution in [0.2, 0.25) is 0 Å². The molecule has 206 valence electrons. The van der Waals surface area contributed by atoms with Crippen molar-refractivity contribution in [2.75, 3.05) is 9.80 Å². The van der Waals surface area contributed by atoms with E-state index in [4.69, 9.17) is 4.42 Å². The molecule has 43 heavy (non-hydrogen) atoms. The van der Waals surface area contributed by atoms with E-state index in [9.17, 15) is 0 Å². The van der Waals surface area contributed by atoms with Crippen molar-refractivity contribution >= 4 is 89.1 Å². The van der Waals surface area contributed by atoms with Crippen molar-refractivity contribution in [3.05, 3.63) is 127 Å². The molecule has 0 aliphatic carbocycles. The Morgan fingerprint density at radius 1 is 0.628 bits per heavy atom. The van der Waals surface area contributed by atoms with Gasteiger partial charge in [-0.2, -0.15) is 0 Å². The summed E-state index contributed by atoms with van der Waals surface area (Å²) >= 11 is 1.77. The van der Waals surface area contributed by atoms with Crippen LogP contribution >= 0.6 is 11.3 Å². The molecule has 4 heterocycles. The Morgan fingerprint density at radius 2 is 1.23 bits per heavy atom. The molecular weight excluding hydrogens is 543 g/mol. The monoisotopic (exact) mass is 572 g/mol. The lowest BCUT2D eigenvalue weighted by Gasteiger charge is -2.44. The second-order valence-electron chi connectivity index (χ2n) is 12.6. The number of rotatable bonds is 2. The zero-order valence-corrected chi connectivity index (χ0v) is 25.2. The van der Waals surface area contributed by atoms with Crippen LogP contribution in [0.15, 0.2) is 126 Å². The maximum absolute atomic E-state index is 6.57. The van der Waals surface area contributed by atoms with Crippen LogP contribution in [-0.2, 0) is 5.41 Å². The van der Waals surface area contributed by atoms with E-state index in [1.54, 1.807) is 11.3 Å². The van der Waals surface area contributed by atoms with Crippen molar-refractivity contribution in [3.63, 3.8) is 0 Å². The van der Waals surface area contributed by atoms with Gasteiger partial charge in [0.05, 0.1) is 5.00 Å². The van der Waals surface area contributed by atoms with Crippen LogP contribution in [0.1, 0.15) is 26.3 Å². The quantitative estimate of drug-likeness (QED) is 0.193. The fourth-order valence-electron chi connectivity index (χ4n) is 7.07. The molecule has 0 amide bonds. The van der Waals surface area contributed by atoms with Crippen LogP contribution in [0.4, 0.5) is 33.4 Å². The summed E-state index contributed by atoms with van der Waals surface area (Å²) in [6, 6.07) is 44.0. The highest BCUT2D eigenvalue weighted by Crippen LogP contribution is 2.50. The number of fused-ring (bicyclic) bond motifs is 8. The molecule has 2 aromatic heterocycles. The summed E-state index contributed by atoms with van der Waals surface area (Å²) in [6.45, 7) is 7.01. The summed E-state index contributed by atoms with van der Waals surface area (Å²) in [4.78, 5) is 5.96. The fraction of sp³-hybridized carbons (Fsp3) is 0.105. The van der Waals surface area contributed by atoms with Crippen molar-refractivity contribution in [1.82, 2.24) is 0 Å². The van der Waals surface area contributed by atoms with Gasteiger partial charge in [-0.05, 0) is 75.9 Å². The third kappa shape index (κ3) is 3.49. The van der Waals surface area contributed by atoms with Gasteiger partial charge < -0.3 is 14.2 Å². The molecule has 0 N–H and O–H groups in total. The third-order valence-corrected chi connectivity index (χ3v) is 10.1. The molecule has 0 spiro atoms. The van der Waals surface area contributed by atoms with E-state index in [-0.39, 0.29) is 12.1 Å². The van der Waals surface area contributed by atoms with Crippen LogP contribution in [0.25, 0.3) is 21.3 Å². The molecule has 0 unspecified atom stereocenters. The lowest BCUT2D eigenvalue weighted by atomic mass is 9.33. The summed E-state index contributed by atoms with van der Waals surface area (Å²) in [5, 5.41) is 3.66. The zero-order valence-electron chi connectivity index (χ0n) is 24.3. The zero-order chi connectivity index (χ0) is 28.9. The van der Waals surface area contributed by atoms with Crippen molar-refractivity contribution in [3.8, 4) is 0 Å². The van der Waals surface area contributed by atoms with Crippen LogP contribution in [-0.4, -0.2) is 6.71 Å². The van der Waals surface area contributed by atoms with E-state index in [0.717, 1.165) is 16.2 Å². The second kappa shape index (κ2) is 8.89. The molecule has 5 heteroatoms. The Morgan fingerprint density at radius 3 is 1.95 bits per heavy atom. The van der Waals surface area contributed by atoms with E-state index < -0.39 is 0 Å². The van der Waals surface area contributed by atoms with Gasteiger partial charge >= 0.3 is 0 Å². The largest absolute Gasteiger partial charge is 0.445 e. The Hall–Kier alpha value is -4.74. The molecule has 0 bridgehead atoms. The average Bonchev–Trinajstić information content (AvgIpc) is 3.57. The number of hydrogen-bond donors (Lipinski definition) is 0. The molecule has 2 aliphatic rings. The van der Waals surface area contributed by atoms with E-state index >= 15 is 0 Å². The van der Waals surface area contributed by atoms with E-state index in [1.165, 1.54) is 60.5 Å². The van der Waals surface area contributed by atoms with Gasteiger partial charge in [0, 0.05) is 39.2 Å². The second-order valence-corrected chi connectivity index (χ2v) is 13.6. The first-order valence-corrected chi connectivity index (χ1v) is 15.7. The van der Waals surface area contributed by atoms with E-state index in [2.05, 4.69) is 152 Å². The highest BCUT2D eigenvalue weighted by Gasteiger charge is 2.46. The SMILES string of the molecule is CC(C)(C)c1cc2c3c(c1)N(c1ccccc1)c1sc4oc5ccccc5c4c1B3c1ccccc1N2c1ccccc1. The molecule has 9 rings (SSSR count). The summed E-state index contributed by atoms with van der Waals surface area (Å²) in [7, 11) is 0. The summed E-state index contributed by atoms with van der Waals surface area (Å²) in [5.74, 6) is 0. The first-order chi connectivity index (χ1) is 21.0. The van der Waals surface area contributed by atoms with E-state index in [0.29, 0.717) is 0 Å². The topological polar surface area (TPSA) is 19.6 Å². The van der Waals surface area contributed by atoms with Crippen molar-refractivity contribution in [2.45, 2.75) is 26.2 Å². The van der Waals surface area contributed by atoms with Crippen LogP contribution in [0.3, 0.4) is 0 Å². The standard InChI is InChI=1S/C38H29BN2OS/c1-38(2,3)24-22-30-34-31(23-24)41(26-16-8-5-9-17-26)36-35(33-27-18-10-13-21-32(27)42-37(33)43-36)39(34)28-19-11-12-20-29(28)40(30)25-14-6-4-7-15-25/h4-23H,1-3H3. The Bertz CT molecular complexity index is 2180. The number of para-hydroxylation sites is 4. The summed E-state index contributed by atoms with van der Waals surface area (Å²) in [6.07, 6.45) is 0. The van der Waals surface area contributed by atoms with Gasteiger partial charge in [0.15, 0.2) is 4.90 Å². The molecule has 0 atom stereocenters. The minimum Gasteiger partial charge on any atom is -0.445 e. The molecule has 0 radical (unpaired) electrons. The first-order valence-electron chi connectivity index (χ1n) is 14.9. The highest BCUT2D eigenvalue weighted by molar-refractivity contribution is 7.26. The predicted octanol–water partition coefficient (Wildman–Crippen LogP) is 9.03. The number of thiophene rings is 1. The van der Waals surface area contributed by atoms with Crippen LogP contribution < -0.4 is 26.2 Å². The van der Waals surface area contributed by atoms with Gasteiger partial charge in [0.25, 0.3) is 6.71 Å². The molecule has 5 aromatic carbocycles. The summed E-state index contributed by atoms with van der Waals surface area (Å²) in [5.41, 5.74) is 12.3. The predicted molar refractivity (Wildman–Crippen MR) is 184 cm³/mol. The highest BCUT2D eigenvalue weighted by atomic mass is 32.1. The third-order valence-electron chi connectivity index (χ3n) is 9.03. The maximum atomic E-state index is 6.57. The van der Waals surface area contributed by atoms with Crippen molar-refractivity contribution in [1.29, 1.82) is 0 Å². The summed E-state index contributed by atoms with van der Waals surface area (Å²) < 4.78 is 6.57. The van der Waals surface area contributed by atoms with E-state index in [1.807, 2.05) is 0 Å². The van der Waals surface area contributed by atoms with Gasteiger partial charge in [-0.25, -0.2) is 0 Å². The molecule has 7 aromatic rings. The van der Waals surface area contributed by atoms with Gasteiger partial charge in [-0.3, -0.25) is 0 Å². The van der Waals surface area contributed by atoms with Crippen molar-refractivity contribution in [2.24, 2.45) is 0 Å². The normalized spacial score (nSPS) is 13.8. The van der Waals surface area contributed by atoms with Gasteiger partial charge in [-0.15, -0.1) is 0 Å². The maximum Gasteiger partial charge on any atom is 0.254 e. The van der Waals surface area contributed by atoms with Crippen LogP contribution in [0.5, 0.6) is 0 Å². The molecule has 0 saturated carbocycles. The molecule has 2 aliphatic heterocycles.